The van der Waals surface area contributed by atoms with Gasteiger partial charge in [0, 0.05) is 35.9 Å². The van der Waals surface area contributed by atoms with Crippen LogP contribution in [-0.4, -0.2) is 26.3 Å². The Balaban J connectivity index is 2.13. The second-order valence-electron chi connectivity index (χ2n) is 5.07. The van der Waals surface area contributed by atoms with Gasteiger partial charge < -0.3 is 10.2 Å². The number of piperidine rings is 1. The van der Waals surface area contributed by atoms with Gasteiger partial charge in [-0.15, -0.1) is 0 Å². The fourth-order valence-corrected chi connectivity index (χ4v) is 2.88. The molecule has 0 radical (unpaired) electrons. The molecular weight excluding hydrogens is 289 g/mol. The van der Waals surface area contributed by atoms with Gasteiger partial charge in [-0.05, 0) is 32.0 Å². The van der Waals surface area contributed by atoms with Crippen molar-refractivity contribution < 1.29 is 13.2 Å². The van der Waals surface area contributed by atoms with Crippen molar-refractivity contribution in [1.29, 1.82) is 0 Å². The molecule has 20 heavy (non-hydrogen) atoms. The van der Waals surface area contributed by atoms with Crippen molar-refractivity contribution in [3.05, 3.63) is 28.8 Å². The number of alkyl halides is 3. The SMILES string of the molecule is CNCc1c(Cl)cccc1N1CCC(C(F)(F)F)CC1. The molecule has 1 aromatic carbocycles. The van der Waals surface area contributed by atoms with Gasteiger partial charge in [0.25, 0.3) is 0 Å². The van der Waals surface area contributed by atoms with E-state index in [-0.39, 0.29) is 12.8 Å². The van der Waals surface area contributed by atoms with Gasteiger partial charge in [0.2, 0.25) is 0 Å². The highest BCUT2D eigenvalue weighted by Gasteiger charge is 2.41. The van der Waals surface area contributed by atoms with Crippen LogP contribution in [-0.2, 0) is 6.54 Å². The predicted octanol–water partition coefficient (Wildman–Crippen LogP) is 3.84. The molecule has 1 aliphatic heterocycles. The Morgan fingerprint density at radius 2 is 1.95 bits per heavy atom. The highest BCUT2D eigenvalue weighted by molar-refractivity contribution is 6.31. The van der Waals surface area contributed by atoms with E-state index in [1.54, 1.807) is 6.07 Å². The summed E-state index contributed by atoms with van der Waals surface area (Å²) in [5.41, 5.74) is 1.88. The summed E-state index contributed by atoms with van der Waals surface area (Å²) >= 11 is 6.18. The molecule has 1 saturated heterocycles. The van der Waals surface area contributed by atoms with E-state index in [1.165, 1.54) is 0 Å². The topological polar surface area (TPSA) is 15.3 Å². The first-order valence-corrected chi connectivity index (χ1v) is 7.05. The van der Waals surface area contributed by atoms with Crippen LogP contribution in [0.3, 0.4) is 0 Å². The van der Waals surface area contributed by atoms with Crippen molar-refractivity contribution in [2.45, 2.75) is 25.6 Å². The van der Waals surface area contributed by atoms with E-state index in [9.17, 15) is 13.2 Å². The first-order chi connectivity index (χ1) is 9.43. The molecule has 1 aromatic rings. The van der Waals surface area contributed by atoms with Gasteiger partial charge in [-0.1, -0.05) is 17.7 Å². The third-order valence-electron chi connectivity index (χ3n) is 3.75. The Morgan fingerprint density at radius 1 is 1.30 bits per heavy atom. The molecule has 0 amide bonds. The summed E-state index contributed by atoms with van der Waals surface area (Å²) in [6.45, 7) is 1.44. The molecule has 0 unspecified atom stereocenters. The largest absolute Gasteiger partial charge is 0.391 e. The standard InChI is InChI=1S/C14H18ClF3N2/c1-19-9-11-12(15)3-2-4-13(11)20-7-5-10(6-8-20)14(16,17)18/h2-4,10,19H,5-9H2,1H3. The number of hydrogen-bond donors (Lipinski definition) is 1. The number of anilines is 1. The minimum Gasteiger partial charge on any atom is -0.371 e. The first kappa shape index (κ1) is 15.4. The second-order valence-corrected chi connectivity index (χ2v) is 5.48. The molecule has 0 bridgehead atoms. The quantitative estimate of drug-likeness (QED) is 0.913. The summed E-state index contributed by atoms with van der Waals surface area (Å²) in [4.78, 5) is 2.00. The van der Waals surface area contributed by atoms with Crippen LogP contribution in [0.25, 0.3) is 0 Å². The zero-order valence-electron chi connectivity index (χ0n) is 11.3. The molecule has 0 saturated carbocycles. The Bertz CT molecular complexity index is 454. The van der Waals surface area contributed by atoms with Crippen molar-refractivity contribution in [3.8, 4) is 0 Å². The van der Waals surface area contributed by atoms with Crippen molar-refractivity contribution in [2.75, 3.05) is 25.0 Å². The van der Waals surface area contributed by atoms with Gasteiger partial charge in [-0.25, -0.2) is 0 Å². The maximum atomic E-state index is 12.7. The van der Waals surface area contributed by atoms with Gasteiger partial charge in [0.05, 0.1) is 5.92 Å². The minimum atomic E-state index is -4.08. The molecule has 6 heteroatoms. The van der Waals surface area contributed by atoms with Crippen LogP contribution in [0.4, 0.5) is 18.9 Å². The van der Waals surface area contributed by atoms with E-state index in [2.05, 4.69) is 5.32 Å². The zero-order chi connectivity index (χ0) is 14.8. The highest BCUT2D eigenvalue weighted by atomic mass is 35.5. The summed E-state index contributed by atoms with van der Waals surface area (Å²) in [6, 6.07) is 5.57. The molecule has 1 N–H and O–H groups in total. The maximum absolute atomic E-state index is 12.7. The second kappa shape index (κ2) is 6.22. The van der Waals surface area contributed by atoms with E-state index in [1.807, 2.05) is 24.1 Å². The Morgan fingerprint density at radius 3 is 2.50 bits per heavy atom. The average Bonchev–Trinajstić information content (AvgIpc) is 2.40. The molecule has 0 aromatic heterocycles. The van der Waals surface area contributed by atoms with E-state index in [4.69, 9.17) is 11.6 Å². The van der Waals surface area contributed by atoms with Gasteiger partial charge in [0.1, 0.15) is 0 Å². The highest BCUT2D eigenvalue weighted by Crippen LogP contribution is 2.37. The lowest BCUT2D eigenvalue weighted by Crippen LogP contribution is -2.39. The lowest BCUT2D eigenvalue weighted by molar-refractivity contribution is -0.179. The fraction of sp³-hybridized carbons (Fsp3) is 0.571. The molecule has 1 aliphatic rings. The molecule has 0 aliphatic carbocycles. The molecule has 0 atom stereocenters. The van der Waals surface area contributed by atoms with Crippen molar-refractivity contribution >= 4 is 17.3 Å². The zero-order valence-corrected chi connectivity index (χ0v) is 12.1. The number of nitrogens with zero attached hydrogens (tertiary/aromatic N) is 1. The van der Waals surface area contributed by atoms with Gasteiger partial charge in [0.15, 0.2) is 0 Å². The monoisotopic (exact) mass is 306 g/mol. The van der Waals surface area contributed by atoms with Crippen LogP contribution in [0.5, 0.6) is 0 Å². The van der Waals surface area contributed by atoms with Crippen molar-refractivity contribution in [3.63, 3.8) is 0 Å². The van der Waals surface area contributed by atoms with Crippen molar-refractivity contribution in [1.82, 2.24) is 5.32 Å². The number of hydrogen-bond acceptors (Lipinski definition) is 2. The number of halogens is 4. The summed E-state index contributed by atoms with van der Waals surface area (Å²) in [7, 11) is 1.82. The number of benzene rings is 1. The maximum Gasteiger partial charge on any atom is 0.391 e. The van der Waals surface area contributed by atoms with Gasteiger partial charge in [-0.3, -0.25) is 0 Å². The van der Waals surface area contributed by atoms with Crippen LogP contribution >= 0.6 is 11.6 Å². The molecule has 112 valence electrons. The van der Waals surface area contributed by atoms with Crippen LogP contribution in [0.1, 0.15) is 18.4 Å². The smallest absolute Gasteiger partial charge is 0.371 e. The molecule has 2 nitrogen and oxygen atoms in total. The van der Waals surface area contributed by atoms with Gasteiger partial charge >= 0.3 is 6.18 Å². The summed E-state index contributed by atoms with van der Waals surface area (Å²) in [5, 5.41) is 3.69. The Hall–Kier alpha value is -0.940. The predicted molar refractivity (Wildman–Crippen MR) is 75.2 cm³/mol. The van der Waals surface area contributed by atoms with Crippen molar-refractivity contribution in [2.24, 2.45) is 5.92 Å². The van der Waals surface area contributed by atoms with Crippen LogP contribution in [0, 0.1) is 5.92 Å². The molecule has 1 heterocycles. The summed E-state index contributed by atoms with van der Waals surface area (Å²) in [6.07, 6.45) is -3.78. The fourth-order valence-electron chi connectivity index (χ4n) is 2.64. The van der Waals surface area contributed by atoms with Crippen LogP contribution < -0.4 is 10.2 Å². The molecule has 0 spiro atoms. The molecule has 2 rings (SSSR count). The van der Waals surface area contributed by atoms with Gasteiger partial charge in [-0.2, -0.15) is 13.2 Å². The third-order valence-corrected chi connectivity index (χ3v) is 4.10. The third kappa shape index (κ3) is 3.38. The number of nitrogens with one attached hydrogen (secondary N) is 1. The lowest BCUT2D eigenvalue weighted by Gasteiger charge is -2.35. The van der Waals surface area contributed by atoms with E-state index >= 15 is 0 Å². The average molecular weight is 307 g/mol. The van der Waals surface area contributed by atoms with Crippen LogP contribution in [0.2, 0.25) is 5.02 Å². The normalized spacial score (nSPS) is 17.6. The Labute approximate surface area is 121 Å². The molecule has 1 fully saturated rings. The number of rotatable bonds is 3. The van der Waals surface area contributed by atoms with E-state index in [0.29, 0.717) is 24.7 Å². The first-order valence-electron chi connectivity index (χ1n) is 6.67. The van der Waals surface area contributed by atoms with E-state index in [0.717, 1.165) is 11.3 Å². The summed E-state index contributed by atoms with van der Waals surface area (Å²) < 4.78 is 38.1. The Kier molecular flexibility index (Phi) is 4.81. The molecular formula is C14H18ClF3N2. The minimum absolute atomic E-state index is 0.148. The van der Waals surface area contributed by atoms with E-state index < -0.39 is 12.1 Å². The summed E-state index contributed by atoms with van der Waals surface area (Å²) in [5.74, 6) is -1.18. The van der Waals surface area contributed by atoms with Crippen LogP contribution in [0.15, 0.2) is 18.2 Å². The lowest BCUT2D eigenvalue weighted by atomic mass is 9.95.